The van der Waals surface area contributed by atoms with Crippen LogP contribution in [0.4, 0.5) is 0 Å². The molecule has 0 atom stereocenters. The van der Waals surface area contributed by atoms with Crippen molar-refractivity contribution in [2.24, 2.45) is 0 Å². The van der Waals surface area contributed by atoms with E-state index in [4.69, 9.17) is 0 Å². The van der Waals surface area contributed by atoms with Crippen LogP contribution in [0.1, 0.15) is 5.56 Å². The molecule has 0 spiro atoms. The van der Waals surface area contributed by atoms with Crippen molar-refractivity contribution in [3.05, 3.63) is 35.9 Å². The Labute approximate surface area is 123 Å². The van der Waals surface area contributed by atoms with Crippen molar-refractivity contribution in [2.75, 3.05) is 24.6 Å². The first kappa shape index (κ1) is 15.8. The van der Waals surface area contributed by atoms with E-state index in [0.717, 1.165) is 6.54 Å². The second-order valence-electron chi connectivity index (χ2n) is 3.28. The van der Waals surface area contributed by atoms with Crippen molar-refractivity contribution in [2.45, 2.75) is 6.54 Å². The van der Waals surface area contributed by atoms with Crippen molar-refractivity contribution >= 4 is 34.8 Å². The average molecular weight is 297 g/mol. The molecule has 1 aliphatic heterocycles. The third-order valence-electron chi connectivity index (χ3n) is 2.27. The Morgan fingerprint density at radius 3 is 2.60 bits per heavy atom. The van der Waals surface area contributed by atoms with E-state index in [9.17, 15) is 0 Å². The molecular formula is C11H14BrMgNS. The van der Waals surface area contributed by atoms with Gasteiger partial charge >= 0.3 is 23.1 Å². The van der Waals surface area contributed by atoms with Crippen LogP contribution in [0, 0.1) is 6.07 Å². The Hall–Kier alpha value is 0.776. The smallest absolute Gasteiger partial charge is 1.00 e. The predicted octanol–water partition coefficient (Wildman–Crippen LogP) is -1.34. The van der Waals surface area contributed by atoms with Crippen LogP contribution in [-0.2, 0) is 6.54 Å². The Kier molecular flexibility index (Phi) is 9.33. The standard InChI is InChI=1S/C11H14NS.BrH.Mg/c1-2-4-11(5-3-1)10-12-6-8-13-9-7-12;;/h1-4H,6-10H2;1H;/q-1;;+2/p-1. The minimum Gasteiger partial charge on any atom is -1.00 e. The molecule has 0 bridgehead atoms. The van der Waals surface area contributed by atoms with Crippen molar-refractivity contribution < 1.29 is 17.0 Å². The predicted molar refractivity (Wildman–Crippen MR) is 63.6 cm³/mol. The van der Waals surface area contributed by atoms with Crippen LogP contribution in [0.3, 0.4) is 0 Å². The zero-order chi connectivity index (χ0) is 8.93. The molecule has 0 radical (unpaired) electrons. The Balaban J connectivity index is 0.000000980. The Morgan fingerprint density at radius 1 is 1.27 bits per heavy atom. The molecule has 0 saturated carbocycles. The molecule has 1 heterocycles. The maximum Gasteiger partial charge on any atom is 2.00 e. The Morgan fingerprint density at radius 2 is 2.00 bits per heavy atom. The molecule has 0 N–H and O–H groups in total. The van der Waals surface area contributed by atoms with E-state index in [1.807, 2.05) is 12.1 Å². The van der Waals surface area contributed by atoms with E-state index in [2.05, 4.69) is 34.9 Å². The maximum absolute atomic E-state index is 3.27. The summed E-state index contributed by atoms with van der Waals surface area (Å²) in [7, 11) is 0. The fourth-order valence-electron chi connectivity index (χ4n) is 1.53. The van der Waals surface area contributed by atoms with Gasteiger partial charge in [0.05, 0.1) is 0 Å². The molecule has 0 aliphatic carbocycles. The fourth-order valence-corrected chi connectivity index (χ4v) is 2.51. The van der Waals surface area contributed by atoms with Gasteiger partial charge in [-0.1, -0.05) is 0 Å². The summed E-state index contributed by atoms with van der Waals surface area (Å²) in [6.45, 7) is 3.53. The van der Waals surface area contributed by atoms with Crippen LogP contribution in [0.2, 0.25) is 0 Å². The summed E-state index contributed by atoms with van der Waals surface area (Å²) < 4.78 is 0. The van der Waals surface area contributed by atoms with Gasteiger partial charge in [0, 0.05) is 31.1 Å². The van der Waals surface area contributed by atoms with Crippen LogP contribution >= 0.6 is 11.8 Å². The van der Waals surface area contributed by atoms with E-state index < -0.39 is 0 Å². The van der Waals surface area contributed by atoms with Gasteiger partial charge in [0.1, 0.15) is 0 Å². The summed E-state index contributed by atoms with van der Waals surface area (Å²) in [5.74, 6) is 2.57. The van der Waals surface area contributed by atoms with Crippen LogP contribution < -0.4 is 17.0 Å². The first-order valence-corrected chi connectivity index (χ1v) is 5.86. The summed E-state index contributed by atoms with van der Waals surface area (Å²) in [4.78, 5) is 2.50. The fraction of sp³-hybridized carbons (Fsp3) is 0.455. The van der Waals surface area contributed by atoms with Crippen molar-refractivity contribution in [3.63, 3.8) is 0 Å². The zero-order valence-corrected chi connectivity index (χ0v) is 12.6. The number of benzene rings is 1. The molecule has 15 heavy (non-hydrogen) atoms. The number of hydrogen-bond donors (Lipinski definition) is 0. The van der Waals surface area contributed by atoms with Gasteiger partial charge in [0.25, 0.3) is 0 Å². The third-order valence-corrected chi connectivity index (χ3v) is 3.21. The average Bonchev–Trinajstić information content (AvgIpc) is 2.21. The number of nitrogens with zero attached hydrogens (tertiary/aromatic N) is 1. The van der Waals surface area contributed by atoms with Gasteiger partial charge in [-0.15, -0.1) is 5.56 Å². The quantitative estimate of drug-likeness (QED) is 0.491. The molecule has 1 aliphatic rings. The number of thioether (sulfide) groups is 1. The molecule has 0 amide bonds. The molecular weight excluding hydrogens is 282 g/mol. The van der Waals surface area contributed by atoms with Gasteiger partial charge in [0.2, 0.25) is 0 Å². The van der Waals surface area contributed by atoms with Crippen LogP contribution in [0.25, 0.3) is 0 Å². The van der Waals surface area contributed by atoms with E-state index in [1.54, 1.807) is 0 Å². The summed E-state index contributed by atoms with van der Waals surface area (Å²) in [6, 6.07) is 11.5. The largest absolute Gasteiger partial charge is 2.00 e. The molecule has 2 rings (SSSR count). The van der Waals surface area contributed by atoms with E-state index in [0.29, 0.717) is 0 Å². The normalized spacial score (nSPS) is 16.3. The SMILES string of the molecule is [Br-].[Mg+2].[c-]1ccccc1CN1CCSCC1. The molecule has 1 nitrogen and oxygen atoms in total. The maximum atomic E-state index is 3.27. The van der Waals surface area contributed by atoms with Crippen molar-refractivity contribution in [3.8, 4) is 0 Å². The van der Waals surface area contributed by atoms with Gasteiger partial charge in [-0.3, -0.25) is 4.90 Å². The van der Waals surface area contributed by atoms with Gasteiger partial charge in [-0.25, -0.2) is 0 Å². The second-order valence-corrected chi connectivity index (χ2v) is 4.50. The number of halogens is 1. The van der Waals surface area contributed by atoms with E-state index in [1.165, 1.54) is 30.2 Å². The first-order valence-electron chi connectivity index (χ1n) is 4.71. The first-order chi connectivity index (χ1) is 6.45. The summed E-state index contributed by atoms with van der Waals surface area (Å²) >= 11 is 2.06. The third kappa shape index (κ3) is 5.59. The molecule has 1 fully saturated rings. The second kappa shape index (κ2) is 8.87. The summed E-state index contributed by atoms with van der Waals surface area (Å²) in [5.41, 5.74) is 1.31. The van der Waals surface area contributed by atoms with E-state index in [-0.39, 0.29) is 40.0 Å². The van der Waals surface area contributed by atoms with Crippen LogP contribution in [-0.4, -0.2) is 52.5 Å². The van der Waals surface area contributed by atoms with Gasteiger partial charge in [-0.05, 0) is 0 Å². The minimum atomic E-state index is 0. The molecule has 4 heteroatoms. The van der Waals surface area contributed by atoms with Gasteiger partial charge in [-0.2, -0.15) is 42.1 Å². The number of rotatable bonds is 2. The van der Waals surface area contributed by atoms with Crippen LogP contribution in [0.5, 0.6) is 0 Å². The topological polar surface area (TPSA) is 3.24 Å². The van der Waals surface area contributed by atoms with Crippen LogP contribution in [0.15, 0.2) is 24.3 Å². The van der Waals surface area contributed by atoms with Crippen molar-refractivity contribution in [1.29, 1.82) is 0 Å². The summed E-state index contributed by atoms with van der Waals surface area (Å²) in [5, 5.41) is 0. The summed E-state index contributed by atoms with van der Waals surface area (Å²) in [6.07, 6.45) is 0. The molecule has 0 aromatic heterocycles. The molecule has 1 aromatic carbocycles. The van der Waals surface area contributed by atoms with Gasteiger partial charge < -0.3 is 17.0 Å². The molecule has 1 saturated heterocycles. The van der Waals surface area contributed by atoms with Gasteiger partial charge in [0.15, 0.2) is 0 Å². The van der Waals surface area contributed by atoms with E-state index >= 15 is 0 Å². The molecule has 78 valence electrons. The Bertz CT molecular complexity index is 252. The monoisotopic (exact) mass is 295 g/mol. The number of hydrogen-bond acceptors (Lipinski definition) is 2. The minimum absolute atomic E-state index is 0. The molecule has 1 aromatic rings. The molecule has 0 unspecified atom stereocenters. The zero-order valence-electron chi connectivity index (χ0n) is 8.79. The van der Waals surface area contributed by atoms with Crippen molar-refractivity contribution in [1.82, 2.24) is 4.90 Å².